The van der Waals surface area contributed by atoms with Gasteiger partial charge in [0.25, 0.3) is 0 Å². The fourth-order valence-electron chi connectivity index (χ4n) is 1.01. The van der Waals surface area contributed by atoms with Crippen molar-refractivity contribution in [3.05, 3.63) is 0 Å². The third kappa shape index (κ3) is 4.48. The molecule has 0 aromatic heterocycles. The SMILES string of the molecule is CCCOC(=O)C(CCC)C(F)(F)F. The van der Waals surface area contributed by atoms with Gasteiger partial charge in [0.15, 0.2) is 5.92 Å². The Morgan fingerprint density at radius 3 is 2.21 bits per heavy atom. The molecule has 0 heterocycles. The van der Waals surface area contributed by atoms with Gasteiger partial charge in [-0.2, -0.15) is 13.2 Å². The van der Waals surface area contributed by atoms with Crippen LogP contribution in [0.25, 0.3) is 0 Å². The van der Waals surface area contributed by atoms with E-state index in [4.69, 9.17) is 0 Å². The maximum atomic E-state index is 12.3. The van der Waals surface area contributed by atoms with Crippen LogP contribution in [-0.4, -0.2) is 18.8 Å². The van der Waals surface area contributed by atoms with Gasteiger partial charge >= 0.3 is 12.1 Å². The molecule has 0 bridgehead atoms. The first-order valence-corrected chi connectivity index (χ1v) is 4.66. The average molecular weight is 212 g/mol. The number of hydrogen-bond acceptors (Lipinski definition) is 2. The normalized spacial score (nSPS) is 13.8. The van der Waals surface area contributed by atoms with Crippen LogP contribution in [0.2, 0.25) is 0 Å². The Balaban J connectivity index is 4.26. The van der Waals surface area contributed by atoms with Crippen molar-refractivity contribution >= 4 is 5.97 Å². The number of ether oxygens (including phenoxy) is 1. The molecular weight excluding hydrogens is 197 g/mol. The van der Waals surface area contributed by atoms with E-state index in [1.807, 2.05) is 0 Å². The van der Waals surface area contributed by atoms with E-state index in [0.29, 0.717) is 12.8 Å². The number of halogens is 3. The molecule has 5 heteroatoms. The Morgan fingerprint density at radius 2 is 1.86 bits per heavy atom. The third-order valence-corrected chi connectivity index (χ3v) is 1.71. The number of hydrogen-bond donors (Lipinski definition) is 0. The van der Waals surface area contributed by atoms with Gasteiger partial charge in [-0.25, -0.2) is 0 Å². The molecule has 0 fully saturated rings. The van der Waals surface area contributed by atoms with Gasteiger partial charge in [0.05, 0.1) is 6.61 Å². The summed E-state index contributed by atoms with van der Waals surface area (Å²) in [6.07, 6.45) is -3.85. The first-order valence-electron chi connectivity index (χ1n) is 4.66. The number of carbonyl (C=O) groups excluding carboxylic acids is 1. The van der Waals surface area contributed by atoms with Crippen molar-refractivity contribution in [2.75, 3.05) is 6.61 Å². The van der Waals surface area contributed by atoms with Gasteiger partial charge in [0.1, 0.15) is 0 Å². The second kappa shape index (κ2) is 5.88. The fourth-order valence-corrected chi connectivity index (χ4v) is 1.01. The highest BCUT2D eigenvalue weighted by Crippen LogP contribution is 2.30. The number of rotatable bonds is 5. The average Bonchev–Trinajstić information content (AvgIpc) is 2.08. The molecule has 14 heavy (non-hydrogen) atoms. The summed E-state index contributed by atoms with van der Waals surface area (Å²) >= 11 is 0. The Morgan fingerprint density at radius 1 is 1.29 bits per heavy atom. The van der Waals surface area contributed by atoms with Crippen LogP contribution >= 0.6 is 0 Å². The van der Waals surface area contributed by atoms with E-state index in [2.05, 4.69) is 4.74 Å². The van der Waals surface area contributed by atoms with E-state index in [9.17, 15) is 18.0 Å². The van der Waals surface area contributed by atoms with Gasteiger partial charge in [-0.3, -0.25) is 4.79 Å². The molecule has 0 aliphatic rings. The minimum atomic E-state index is -4.49. The molecule has 0 saturated heterocycles. The monoisotopic (exact) mass is 212 g/mol. The van der Waals surface area contributed by atoms with Crippen molar-refractivity contribution in [2.45, 2.75) is 39.3 Å². The summed E-state index contributed by atoms with van der Waals surface area (Å²) in [4.78, 5) is 11.0. The van der Waals surface area contributed by atoms with Crippen LogP contribution in [0.1, 0.15) is 33.1 Å². The third-order valence-electron chi connectivity index (χ3n) is 1.71. The van der Waals surface area contributed by atoms with Crippen LogP contribution in [0.15, 0.2) is 0 Å². The molecule has 1 unspecified atom stereocenters. The number of alkyl halides is 3. The molecule has 0 aliphatic heterocycles. The van der Waals surface area contributed by atoms with E-state index in [1.54, 1.807) is 13.8 Å². The Kier molecular flexibility index (Phi) is 5.57. The highest BCUT2D eigenvalue weighted by Gasteiger charge is 2.44. The minimum Gasteiger partial charge on any atom is -0.465 e. The maximum Gasteiger partial charge on any atom is 0.402 e. The van der Waals surface area contributed by atoms with Crippen LogP contribution in [0.4, 0.5) is 13.2 Å². The molecule has 84 valence electrons. The lowest BCUT2D eigenvalue weighted by Crippen LogP contribution is -2.32. The second-order valence-corrected chi connectivity index (χ2v) is 3.05. The second-order valence-electron chi connectivity index (χ2n) is 3.05. The van der Waals surface area contributed by atoms with Gasteiger partial charge < -0.3 is 4.74 Å². The molecule has 0 rings (SSSR count). The molecule has 1 atom stereocenters. The largest absolute Gasteiger partial charge is 0.465 e. The highest BCUT2D eigenvalue weighted by molar-refractivity contribution is 5.73. The maximum absolute atomic E-state index is 12.3. The van der Waals surface area contributed by atoms with Crippen molar-refractivity contribution in [2.24, 2.45) is 5.92 Å². The molecule has 0 N–H and O–H groups in total. The molecular formula is C9H15F3O2. The summed E-state index contributed by atoms with van der Waals surface area (Å²) in [5.41, 5.74) is 0. The predicted octanol–water partition coefficient (Wildman–Crippen LogP) is 2.92. The van der Waals surface area contributed by atoms with Gasteiger partial charge in [0, 0.05) is 0 Å². The lowest BCUT2D eigenvalue weighted by Gasteiger charge is -2.17. The molecule has 0 radical (unpaired) electrons. The number of esters is 1. The van der Waals surface area contributed by atoms with Gasteiger partial charge in [-0.05, 0) is 12.8 Å². The molecule has 0 spiro atoms. The van der Waals surface area contributed by atoms with Gasteiger partial charge in [-0.15, -0.1) is 0 Å². The van der Waals surface area contributed by atoms with Gasteiger partial charge in [-0.1, -0.05) is 20.3 Å². The van der Waals surface area contributed by atoms with E-state index in [-0.39, 0.29) is 13.0 Å². The Hall–Kier alpha value is -0.740. The Bertz CT molecular complexity index is 177. The quantitative estimate of drug-likeness (QED) is 0.655. The first kappa shape index (κ1) is 13.3. The standard InChI is InChI=1S/C9H15F3O2/c1-3-5-7(9(10,11)12)8(13)14-6-4-2/h7H,3-6H2,1-2H3. The predicted molar refractivity (Wildman–Crippen MR) is 45.7 cm³/mol. The van der Waals surface area contributed by atoms with Crippen molar-refractivity contribution in [1.82, 2.24) is 0 Å². The Labute approximate surface area is 81.4 Å². The van der Waals surface area contributed by atoms with Crippen LogP contribution in [0.5, 0.6) is 0 Å². The number of carbonyl (C=O) groups is 1. The minimum absolute atomic E-state index is 0.0507. The van der Waals surface area contributed by atoms with Crippen LogP contribution in [0.3, 0.4) is 0 Å². The summed E-state index contributed by atoms with van der Waals surface area (Å²) in [7, 11) is 0. The lowest BCUT2D eigenvalue weighted by molar-refractivity contribution is -0.198. The fraction of sp³-hybridized carbons (Fsp3) is 0.889. The van der Waals surface area contributed by atoms with E-state index in [1.165, 1.54) is 0 Å². The van der Waals surface area contributed by atoms with Crippen molar-refractivity contribution in [1.29, 1.82) is 0 Å². The zero-order valence-corrected chi connectivity index (χ0v) is 8.36. The smallest absolute Gasteiger partial charge is 0.402 e. The molecule has 0 saturated carbocycles. The molecule has 0 aromatic carbocycles. The van der Waals surface area contributed by atoms with E-state index in [0.717, 1.165) is 0 Å². The van der Waals surface area contributed by atoms with Crippen molar-refractivity contribution < 1.29 is 22.7 Å². The summed E-state index contributed by atoms with van der Waals surface area (Å²) in [5.74, 6) is -3.11. The topological polar surface area (TPSA) is 26.3 Å². The van der Waals surface area contributed by atoms with Crippen LogP contribution < -0.4 is 0 Å². The van der Waals surface area contributed by atoms with Crippen LogP contribution in [-0.2, 0) is 9.53 Å². The summed E-state index contributed by atoms with van der Waals surface area (Å²) in [5, 5.41) is 0. The van der Waals surface area contributed by atoms with Crippen molar-refractivity contribution in [3.63, 3.8) is 0 Å². The van der Waals surface area contributed by atoms with Crippen molar-refractivity contribution in [3.8, 4) is 0 Å². The van der Waals surface area contributed by atoms with Crippen LogP contribution in [0, 0.1) is 5.92 Å². The lowest BCUT2D eigenvalue weighted by atomic mass is 10.0. The highest BCUT2D eigenvalue weighted by atomic mass is 19.4. The van der Waals surface area contributed by atoms with Gasteiger partial charge in [0.2, 0.25) is 0 Å². The zero-order chi connectivity index (χ0) is 11.2. The first-order chi connectivity index (χ1) is 6.43. The zero-order valence-electron chi connectivity index (χ0n) is 8.36. The summed E-state index contributed by atoms with van der Waals surface area (Å²) in [6.45, 7) is 3.39. The molecule has 0 amide bonds. The summed E-state index contributed by atoms with van der Waals surface area (Å²) in [6, 6.07) is 0. The molecule has 0 aliphatic carbocycles. The molecule has 2 nitrogen and oxygen atoms in total. The summed E-state index contributed by atoms with van der Waals surface area (Å²) < 4.78 is 41.3. The van der Waals surface area contributed by atoms with E-state index < -0.39 is 18.1 Å². The van der Waals surface area contributed by atoms with E-state index >= 15 is 0 Å². The molecule has 0 aromatic rings.